The molecule has 0 saturated carbocycles. The lowest BCUT2D eigenvalue weighted by atomic mass is 9.76. The Bertz CT molecular complexity index is 807. The van der Waals surface area contributed by atoms with E-state index >= 15 is 0 Å². The number of benzene rings is 2. The van der Waals surface area contributed by atoms with Gasteiger partial charge < -0.3 is 10.4 Å². The quantitative estimate of drug-likeness (QED) is 0.801. The average Bonchev–Trinajstić information content (AvgIpc) is 3.10. The van der Waals surface area contributed by atoms with Crippen molar-refractivity contribution in [1.29, 1.82) is 0 Å². The van der Waals surface area contributed by atoms with E-state index in [0.717, 1.165) is 24.1 Å². The minimum Gasteiger partial charge on any atom is -0.478 e. The first-order chi connectivity index (χ1) is 11.7. The van der Waals surface area contributed by atoms with Gasteiger partial charge >= 0.3 is 5.97 Å². The first-order valence-electron chi connectivity index (χ1n) is 8.56. The van der Waals surface area contributed by atoms with Gasteiger partial charge in [0.2, 0.25) is 0 Å². The summed E-state index contributed by atoms with van der Waals surface area (Å²) < 4.78 is 0. The number of carboxylic acid groups (broad SMARTS) is 1. The first-order valence-corrected chi connectivity index (χ1v) is 8.56. The molecule has 122 valence electrons. The summed E-state index contributed by atoms with van der Waals surface area (Å²) in [5.41, 5.74) is 5.17. The monoisotopic (exact) mass is 319 g/mol. The van der Waals surface area contributed by atoms with E-state index in [1.165, 1.54) is 11.1 Å². The Morgan fingerprint density at radius 3 is 2.71 bits per heavy atom. The van der Waals surface area contributed by atoms with E-state index in [2.05, 4.69) is 48.7 Å². The summed E-state index contributed by atoms with van der Waals surface area (Å²) in [5.74, 6) is -0.140. The molecule has 0 unspecified atom stereocenters. The molecule has 24 heavy (non-hydrogen) atoms. The second-order valence-corrected chi connectivity index (χ2v) is 6.68. The Hall–Kier alpha value is -2.55. The van der Waals surface area contributed by atoms with Crippen molar-refractivity contribution in [2.75, 3.05) is 5.32 Å². The van der Waals surface area contributed by atoms with Crippen LogP contribution in [0.15, 0.2) is 54.6 Å². The van der Waals surface area contributed by atoms with Gasteiger partial charge in [-0.15, -0.1) is 0 Å². The summed E-state index contributed by atoms with van der Waals surface area (Å²) in [6.07, 6.45) is 6.54. The van der Waals surface area contributed by atoms with Gasteiger partial charge in [-0.3, -0.25) is 0 Å². The summed E-state index contributed by atoms with van der Waals surface area (Å²) >= 11 is 0. The van der Waals surface area contributed by atoms with Crippen LogP contribution in [0.1, 0.15) is 52.4 Å². The highest BCUT2D eigenvalue weighted by molar-refractivity contribution is 5.89. The normalized spacial score (nSPS) is 24.1. The van der Waals surface area contributed by atoms with Crippen molar-refractivity contribution in [1.82, 2.24) is 0 Å². The minimum absolute atomic E-state index is 0.263. The second-order valence-electron chi connectivity index (χ2n) is 6.68. The summed E-state index contributed by atoms with van der Waals surface area (Å²) in [6, 6.07) is 14.5. The maximum Gasteiger partial charge on any atom is 0.335 e. The molecule has 2 aromatic carbocycles. The van der Waals surface area contributed by atoms with Crippen LogP contribution >= 0.6 is 0 Å². The predicted octanol–water partition coefficient (Wildman–Crippen LogP) is 4.77. The number of hydrogen-bond acceptors (Lipinski definition) is 2. The van der Waals surface area contributed by atoms with Gasteiger partial charge in [0.1, 0.15) is 0 Å². The molecule has 3 nitrogen and oxygen atoms in total. The lowest BCUT2D eigenvalue weighted by Crippen LogP contribution is -2.29. The molecule has 1 aliphatic carbocycles. The molecule has 0 radical (unpaired) electrons. The van der Waals surface area contributed by atoms with Crippen LogP contribution in [0, 0.1) is 5.92 Å². The zero-order valence-corrected chi connectivity index (χ0v) is 13.7. The largest absolute Gasteiger partial charge is 0.478 e. The maximum atomic E-state index is 11.3. The molecule has 0 saturated heterocycles. The number of carboxylic acids is 1. The van der Waals surface area contributed by atoms with E-state index in [1.54, 1.807) is 6.07 Å². The molecule has 1 heterocycles. The number of allylic oxidation sites excluding steroid dienone is 2. The van der Waals surface area contributed by atoms with Crippen molar-refractivity contribution in [2.24, 2.45) is 5.92 Å². The van der Waals surface area contributed by atoms with Crippen LogP contribution in [0.25, 0.3) is 0 Å². The van der Waals surface area contributed by atoms with Gasteiger partial charge in [-0.1, -0.05) is 43.3 Å². The third kappa shape index (κ3) is 2.41. The van der Waals surface area contributed by atoms with Crippen LogP contribution in [-0.4, -0.2) is 11.1 Å². The number of anilines is 1. The van der Waals surface area contributed by atoms with Crippen molar-refractivity contribution in [3.63, 3.8) is 0 Å². The molecule has 0 spiro atoms. The Labute approximate surface area is 142 Å². The van der Waals surface area contributed by atoms with E-state index in [4.69, 9.17) is 0 Å². The van der Waals surface area contributed by atoms with E-state index in [1.807, 2.05) is 12.1 Å². The fraction of sp³-hybridized carbons (Fsp3) is 0.286. The lowest BCUT2D eigenvalue weighted by molar-refractivity contribution is 0.0696. The van der Waals surface area contributed by atoms with E-state index in [9.17, 15) is 9.90 Å². The van der Waals surface area contributed by atoms with Crippen molar-refractivity contribution in [3.05, 3.63) is 76.9 Å². The number of rotatable bonds is 3. The van der Waals surface area contributed by atoms with Gasteiger partial charge in [0.25, 0.3) is 0 Å². The third-order valence-electron chi connectivity index (χ3n) is 5.36. The number of hydrogen-bond donors (Lipinski definition) is 2. The van der Waals surface area contributed by atoms with Crippen LogP contribution in [0.3, 0.4) is 0 Å². The number of nitrogens with one attached hydrogen (secondary N) is 1. The Balaban J connectivity index is 1.73. The van der Waals surface area contributed by atoms with E-state index < -0.39 is 5.97 Å². The van der Waals surface area contributed by atoms with Gasteiger partial charge in [-0.25, -0.2) is 4.79 Å². The molecule has 1 aliphatic heterocycles. The molecule has 4 rings (SSSR count). The number of aryl methyl sites for hydroxylation is 1. The van der Waals surface area contributed by atoms with Gasteiger partial charge in [0, 0.05) is 11.6 Å². The highest BCUT2D eigenvalue weighted by Gasteiger charge is 2.38. The van der Waals surface area contributed by atoms with Crippen LogP contribution in [0.5, 0.6) is 0 Å². The Morgan fingerprint density at radius 1 is 1.21 bits per heavy atom. The molecule has 0 amide bonds. The van der Waals surface area contributed by atoms with Crippen molar-refractivity contribution in [3.8, 4) is 0 Å². The summed E-state index contributed by atoms with van der Waals surface area (Å²) in [6.45, 7) is 2.17. The Kier molecular flexibility index (Phi) is 3.64. The highest BCUT2D eigenvalue weighted by Crippen LogP contribution is 2.49. The van der Waals surface area contributed by atoms with E-state index in [0.29, 0.717) is 11.5 Å². The van der Waals surface area contributed by atoms with E-state index in [-0.39, 0.29) is 12.0 Å². The average molecular weight is 319 g/mol. The minimum atomic E-state index is -0.867. The maximum absolute atomic E-state index is 11.3. The molecule has 2 aromatic rings. The van der Waals surface area contributed by atoms with Crippen molar-refractivity contribution >= 4 is 11.7 Å². The predicted molar refractivity (Wildman–Crippen MR) is 95.6 cm³/mol. The molecule has 3 heteroatoms. The molecule has 0 aromatic heterocycles. The number of aromatic carboxylic acids is 1. The molecule has 2 aliphatic rings. The molecular formula is C21H21NO2. The smallest absolute Gasteiger partial charge is 0.335 e. The fourth-order valence-corrected chi connectivity index (χ4v) is 4.02. The third-order valence-corrected chi connectivity index (χ3v) is 5.36. The van der Waals surface area contributed by atoms with Crippen LogP contribution in [-0.2, 0) is 6.42 Å². The van der Waals surface area contributed by atoms with Gasteiger partial charge in [-0.2, -0.15) is 0 Å². The van der Waals surface area contributed by atoms with Crippen LogP contribution in [0.4, 0.5) is 5.69 Å². The zero-order valence-electron chi connectivity index (χ0n) is 13.7. The number of carbonyl (C=O) groups is 1. The first kappa shape index (κ1) is 15.0. The van der Waals surface area contributed by atoms with Crippen LogP contribution < -0.4 is 5.32 Å². The topological polar surface area (TPSA) is 49.3 Å². The molecule has 0 fully saturated rings. The molecular weight excluding hydrogens is 298 g/mol. The summed E-state index contributed by atoms with van der Waals surface area (Å²) in [5, 5.41) is 12.9. The van der Waals surface area contributed by atoms with Gasteiger partial charge in [0.15, 0.2) is 0 Å². The SMILES string of the molecule is CCc1ccc([C@@H]2Nc3ccc(C(=O)O)cc3[C@@H]3C=CC[C@@H]32)cc1. The number of fused-ring (bicyclic) bond motifs is 3. The highest BCUT2D eigenvalue weighted by atomic mass is 16.4. The van der Waals surface area contributed by atoms with Crippen molar-refractivity contribution < 1.29 is 9.90 Å². The second kappa shape index (κ2) is 5.82. The lowest BCUT2D eigenvalue weighted by Gasteiger charge is -2.37. The molecule has 3 atom stereocenters. The summed E-state index contributed by atoms with van der Waals surface area (Å²) in [7, 11) is 0. The summed E-state index contributed by atoms with van der Waals surface area (Å²) in [4.78, 5) is 11.3. The standard InChI is InChI=1S/C21H21NO2/c1-2-13-6-8-14(9-7-13)20-17-5-3-4-16(17)18-12-15(21(23)24)10-11-19(18)22-20/h3-4,6-12,16-17,20,22H,2,5H2,1H3,(H,23,24)/t16-,17+,20+/m1/s1. The molecule has 0 bridgehead atoms. The fourth-order valence-electron chi connectivity index (χ4n) is 4.02. The zero-order chi connectivity index (χ0) is 16.7. The van der Waals surface area contributed by atoms with Crippen molar-refractivity contribution in [2.45, 2.75) is 31.7 Å². The van der Waals surface area contributed by atoms with Gasteiger partial charge in [0.05, 0.1) is 11.6 Å². The molecule has 2 N–H and O–H groups in total. The Morgan fingerprint density at radius 2 is 2.00 bits per heavy atom. The van der Waals surface area contributed by atoms with Crippen LogP contribution in [0.2, 0.25) is 0 Å². The van der Waals surface area contributed by atoms with Gasteiger partial charge in [-0.05, 0) is 53.6 Å².